The molecule has 3 heteroatoms. The topological polar surface area (TPSA) is 38.5 Å². The summed E-state index contributed by atoms with van der Waals surface area (Å²) >= 11 is 0. The summed E-state index contributed by atoms with van der Waals surface area (Å²) in [5, 5.41) is 0. The number of hydrogen-bond acceptors (Lipinski definition) is 3. The van der Waals surface area contributed by atoms with Crippen LogP contribution in [0, 0.1) is 0 Å². The molecule has 1 fully saturated rings. The molecule has 0 amide bonds. The average Bonchev–Trinajstić information content (AvgIpc) is 2.65. The van der Waals surface area contributed by atoms with Gasteiger partial charge in [0.25, 0.3) is 0 Å². The average molecular weight is 206 g/mol. The van der Waals surface area contributed by atoms with Crippen molar-refractivity contribution < 1.29 is 4.74 Å². The predicted molar refractivity (Wildman–Crippen MR) is 63.1 cm³/mol. The van der Waals surface area contributed by atoms with E-state index in [-0.39, 0.29) is 0 Å². The Bertz CT molecular complexity index is 323. The van der Waals surface area contributed by atoms with Crippen LogP contribution in [0.25, 0.3) is 0 Å². The fourth-order valence-electron chi connectivity index (χ4n) is 2.13. The van der Waals surface area contributed by atoms with Gasteiger partial charge in [-0.1, -0.05) is 0 Å². The summed E-state index contributed by atoms with van der Waals surface area (Å²) in [6, 6.07) is 8.47. The van der Waals surface area contributed by atoms with Gasteiger partial charge >= 0.3 is 0 Å². The van der Waals surface area contributed by atoms with E-state index in [1.54, 1.807) is 0 Å². The summed E-state index contributed by atoms with van der Waals surface area (Å²) in [5.41, 5.74) is 7.67. The monoisotopic (exact) mass is 206 g/mol. The summed E-state index contributed by atoms with van der Waals surface area (Å²) < 4.78 is 5.57. The predicted octanol–water partition coefficient (Wildman–Crippen LogP) is 1.88. The van der Waals surface area contributed by atoms with Crippen LogP contribution in [0.4, 0.5) is 11.4 Å². The van der Waals surface area contributed by atoms with Crippen molar-refractivity contribution in [2.75, 3.05) is 24.3 Å². The molecular weight excluding hydrogens is 188 g/mol. The van der Waals surface area contributed by atoms with Crippen molar-refractivity contribution in [3.05, 3.63) is 24.3 Å². The third kappa shape index (κ3) is 2.07. The lowest BCUT2D eigenvalue weighted by molar-refractivity contribution is 0.118. The number of benzene rings is 1. The molecule has 0 bridgehead atoms. The molecule has 1 aromatic carbocycles. The highest BCUT2D eigenvalue weighted by Gasteiger charge is 2.27. The molecule has 0 radical (unpaired) electrons. The lowest BCUT2D eigenvalue weighted by Crippen LogP contribution is -2.36. The second-order valence-electron chi connectivity index (χ2n) is 4.13. The minimum Gasteiger partial charge on any atom is -0.399 e. The maximum Gasteiger partial charge on any atom is 0.0750 e. The van der Waals surface area contributed by atoms with Crippen LogP contribution in [0.5, 0.6) is 0 Å². The Balaban J connectivity index is 2.13. The number of hydrogen-bond donors (Lipinski definition) is 1. The standard InChI is InChI=1S/C12H18N2O/c1-9-12(7-8-15-9)14(2)11-5-3-10(13)4-6-11/h3-6,9,12H,7-8,13H2,1-2H3. The van der Waals surface area contributed by atoms with Crippen molar-refractivity contribution >= 4 is 11.4 Å². The van der Waals surface area contributed by atoms with Crippen molar-refractivity contribution in [2.24, 2.45) is 0 Å². The normalized spacial score (nSPS) is 25.5. The molecule has 15 heavy (non-hydrogen) atoms. The van der Waals surface area contributed by atoms with Crippen LogP contribution < -0.4 is 10.6 Å². The summed E-state index contributed by atoms with van der Waals surface area (Å²) in [7, 11) is 2.11. The fourth-order valence-corrected chi connectivity index (χ4v) is 2.13. The lowest BCUT2D eigenvalue weighted by Gasteiger charge is -2.28. The van der Waals surface area contributed by atoms with Gasteiger partial charge in [-0.3, -0.25) is 0 Å². The van der Waals surface area contributed by atoms with Gasteiger partial charge in [-0.25, -0.2) is 0 Å². The summed E-state index contributed by atoms with van der Waals surface area (Å²) in [6.07, 6.45) is 1.41. The Morgan fingerprint density at radius 3 is 2.53 bits per heavy atom. The van der Waals surface area contributed by atoms with E-state index in [0.29, 0.717) is 12.1 Å². The molecule has 3 nitrogen and oxygen atoms in total. The molecule has 0 aliphatic carbocycles. The molecule has 1 aromatic rings. The van der Waals surface area contributed by atoms with Gasteiger partial charge in [-0.05, 0) is 37.6 Å². The van der Waals surface area contributed by atoms with Crippen LogP contribution in [0.1, 0.15) is 13.3 Å². The Kier molecular flexibility index (Phi) is 2.82. The van der Waals surface area contributed by atoms with Crippen molar-refractivity contribution in [3.8, 4) is 0 Å². The summed E-state index contributed by atoms with van der Waals surface area (Å²) in [5.74, 6) is 0. The maximum absolute atomic E-state index is 5.66. The largest absolute Gasteiger partial charge is 0.399 e. The first-order valence-electron chi connectivity index (χ1n) is 5.38. The van der Waals surface area contributed by atoms with Crippen molar-refractivity contribution in [2.45, 2.75) is 25.5 Å². The molecule has 0 spiro atoms. The molecule has 2 atom stereocenters. The van der Waals surface area contributed by atoms with Crippen LogP contribution in [0.3, 0.4) is 0 Å². The van der Waals surface area contributed by atoms with E-state index in [4.69, 9.17) is 10.5 Å². The van der Waals surface area contributed by atoms with Crippen molar-refractivity contribution in [1.82, 2.24) is 0 Å². The lowest BCUT2D eigenvalue weighted by atomic mass is 10.1. The number of nitrogen functional groups attached to an aromatic ring is 1. The quantitative estimate of drug-likeness (QED) is 0.751. The molecule has 2 rings (SSSR count). The van der Waals surface area contributed by atoms with E-state index >= 15 is 0 Å². The third-order valence-corrected chi connectivity index (χ3v) is 3.13. The molecule has 2 unspecified atom stereocenters. The van der Waals surface area contributed by atoms with Gasteiger partial charge in [-0.2, -0.15) is 0 Å². The Hall–Kier alpha value is -1.22. The number of likely N-dealkylation sites (N-methyl/N-ethyl adjacent to an activating group) is 1. The Labute approximate surface area is 90.8 Å². The highest BCUT2D eigenvalue weighted by atomic mass is 16.5. The van der Waals surface area contributed by atoms with E-state index in [1.807, 2.05) is 12.1 Å². The molecule has 1 aliphatic heterocycles. The molecule has 82 valence electrons. The van der Waals surface area contributed by atoms with Gasteiger partial charge < -0.3 is 15.4 Å². The first-order valence-corrected chi connectivity index (χ1v) is 5.38. The molecule has 1 heterocycles. The second-order valence-corrected chi connectivity index (χ2v) is 4.13. The van der Waals surface area contributed by atoms with Crippen LogP contribution in [-0.2, 0) is 4.74 Å². The van der Waals surface area contributed by atoms with Gasteiger partial charge in [0.05, 0.1) is 12.1 Å². The van der Waals surface area contributed by atoms with Gasteiger partial charge in [0.1, 0.15) is 0 Å². The van der Waals surface area contributed by atoms with E-state index in [9.17, 15) is 0 Å². The van der Waals surface area contributed by atoms with Crippen molar-refractivity contribution in [1.29, 1.82) is 0 Å². The number of ether oxygens (including phenoxy) is 1. The zero-order valence-electron chi connectivity index (χ0n) is 9.31. The van der Waals surface area contributed by atoms with E-state index < -0.39 is 0 Å². The van der Waals surface area contributed by atoms with Gasteiger partial charge in [0, 0.05) is 25.0 Å². The zero-order valence-corrected chi connectivity index (χ0v) is 9.31. The minimum absolute atomic E-state index is 0.313. The van der Waals surface area contributed by atoms with Crippen LogP contribution in [0.15, 0.2) is 24.3 Å². The van der Waals surface area contributed by atoms with E-state index in [0.717, 1.165) is 18.7 Å². The van der Waals surface area contributed by atoms with Crippen LogP contribution in [-0.4, -0.2) is 25.8 Å². The van der Waals surface area contributed by atoms with Gasteiger partial charge in [0.2, 0.25) is 0 Å². The Morgan fingerprint density at radius 2 is 2.00 bits per heavy atom. The first-order chi connectivity index (χ1) is 7.18. The van der Waals surface area contributed by atoms with Crippen LogP contribution >= 0.6 is 0 Å². The Morgan fingerprint density at radius 1 is 1.33 bits per heavy atom. The number of nitrogens with zero attached hydrogens (tertiary/aromatic N) is 1. The highest BCUT2D eigenvalue weighted by molar-refractivity contribution is 5.53. The number of nitrogens with two attached hydrogens (primary N) is 1. The van der Waals surface area contributed by atoms with Gasteiger partial charge in [-0.15, -0.1) is 0 Å². The third-order valence-electron chi connectivity index (χ3n) is 3.13. The minimum atomic E-state index is 0.313. The van der Waals surface area contributed by atoms with E-state index in [1.165, 1.54) is 5.69 Å². The fraction of sp³-hybridized carbons (Fsp3) is 0.500. The maximum atomic E-state index is 5.66. The molecular formula is C12H18N2O. The molecule has 1 saturated heterocycles. The molecule has 2 N–H and O–H groups in total. The van der Waals surface area contributed by atoms with Crippen molar-refractivity contribution in [3.63, 3.8) is 0 Å². The van der Waals surface area contributed by atoms with Crippen LogP contribution in [0.2, 0.25) is 0 Å². The highest BCUT2D eigenvalue weighted by Crippen LogP contribution is 2.24. The van der Waals surface area contributed by atoms with Gasteiger partial charge in [0.15, 0.2) is 0 Å². The molecule has 1 aliphatic rings. The molecule has 0 saturated carbocycles. The second kappa shape index (κ2) is 4.11. The van der Waals surface area contributed by atoms with E-state index in [2.05, 4.69) is 31.0 Å². The zero-order chi connectivity index (χ0) is 10.8. The first kappa shape index (κ1) is 10.3. The SMILES string of the molecule is CC1OCCC1N(C)c1ccc(N)cc1. The number of anilines is 2. The smallest absolute Gasteiger partial charge is 0.0750 e. The summed E-state index contributed by atoms with van der Waals surface area (Å²) in [6.45, 7) is 3.00. The summed E-state index contributed by atoms with van der Waals surface area (Å²) in [4.78, 5) is 2.27. The molecule has 0 aromatic heterocycles. The number of rotatable bonds is 2.